The molecule has 0 saturated heterocycles. The third-order valence-corrected chi connectivity index (χ3v) is 3.80. The van der Waals surface area contributed by atoms with Crippen LogP contribution in [0.25, 0.3) is 10.9 Å². The summed E-state index contributed by atoms with van der Waals surface area (Å²) in [6, 6.07) is 6.35. The van der Waals surface area contributed by atoms with Gasteiger partial charge in [-0.3, -0.25) is 4.79 Å². The summed E-state index contributed by atoms with van der Waals surface area (Å²) in [5, 5.41) is 1.10. The monoisotopic (exact) mass is 258 g/mol. The van der Waals surface area contributed by atoms with E-state index in [4.69, 9.17) is 4.74 Å². The van der Waals surface area contributed by atoms with E-state index in [0.29, 0.717) is 12.5 Å². The second-order valence-corrected chi connectivity index (χ2v) is 5.14. The van der Waals surface area contributed by atoms with Crippen molar-refractivity contribution in [1.29, 1.82) is 0 Å². The number of nitrogens with zero attached hydrogens (tertiary/aromatic N) is 1. The van der Waals surface area contributed by atoms with Gasteiger partial charge in [-0.1, -0.05) is 0 Å². The molecule has 1 saturated carbocycles. The van der Waals surface area contributed by atoms with E-state index >= 15 is 0 Å². The molecule has 0 spiro atoms. The van der Waals surface area contributed by atoms with Gasteiger partial charge in [-0.15, -0.1) is 0 Å². The number of methoxy groups -OCH3 is 1. The summed E-state index contributed by atoms with van der Waals surface area (Å²) in [4.78, 5) is 17.2. The predicted octanol–water partition coefficient (Wildman–Crippen LogP) is 2.34. The first-order chi connectivity index (χ1) is 9.19. The quantitative estimate of drug-likeness (QED) is 0.915. The number of benzene rings is 1. The maximum atomic E-state index is 12.1. The second kappa shape index (κ2) is 4.61. The summed E-state index contributed by atoms with van der Waals surface area (Å²) < 4.78 is 5.20. The Bertz CT molecular complexity index is 614. The number of fused-ring (bicyclic) bond motifs is 1. The summed E-state index contributed by atoms with van der Waals surface area (Å²) in [5.41, 5.74) is 2.06. The van der Waals surface area contributed by atoms with Crippen LogP contribution >= 0.6 is 0 Å². The molecule has 1 N–H and O–H groups in total. The fourth-order valence-corrected chi connectivity index (χ4v) is 2.39. The van der Waals surface area contributed by atoms with E-state index in [2.05, 4.69) is 4.98 Å². The topological polar surface area (TPSA) is 45.3 Å². The SMILES string of the molecule is COc1ccc2c(CC(=O)N(C)C3CC3)c[nH]c2c1. The highest BCUT2D eigenvalue weighted by atomic mass is 16.5. The lowest BCUT2D eigenvalue weighted by Gasteiger charge is -2.15. The first kappa shape index (κ1) is 12.1. The third-order valence-electron chi connectivity index (χ3n) is 3.80. The maximum Gasteiger partial charge on any atom is 0.227 e. The van der Waals surface area contributed by atoms with Crippen molar-refractivity contribution >= 4 is 16.8 Å². The zero-order valence-corrected chi connectivity index (χ0v) is 11.3. The zero-order valence-electron chi connectivity index (χ0n) is 11.3. The lowest BCUT2D eigenvalue weighted by atomic mass is 10.1. The summed E-state index contributed by atoms with van der Waals surface area (Å²) >= 11 is 0. The van der Waals surface area contributed by atoms with Gasteiger partial charge in [-0.25, -0.2) is 0 Å². The van der Waals surface area contributed by atoms with Crippen molar-refractivity contribution in [3.63, 3.8) is 0 Å². The molecular weight excluding hydrogens is 240 g/mol. The molecular formula is C15H18N2O2. The Kier molecular flexibility index (Phi) is 2.93. The molecule has 1 amide bonds. The van der Waals surface area contributed by atoms with E-state index in [1.165, 1.54) is 0 Å². The number of carbonyl (C=O) groups is 1. The summed E-state index contributed by atoms with van der Waals surface area (Å²) in [5.74, 6) is 1.02. The van der Waals surface area contributed by atoms with Gasteiger partial charge >= 0.3 is 0 Å². The average Bonchev–Trinajstić information content (AvgIpc) is 3.20. The van der Waals surface area contributed by atoms with Crippen LogP contribution in [0.3, 0.4) is 0 Å². The number of amides is 1. The van der Waals surface area contributed by atoms with E-state index in [-0.39, 0.29) is 5.91 Å². The lowest BCUT2D eigenvalue weighted by Crippen LogP contribution is -2.30. The number of aromatic amines is 1. The number of hydrogen-bond donors (Lipinski definition) is 1. The largest absolute Gasteiger partial charge is 0.497 e. The Balaban J connectivity index is 1.82. The normalized spacial score (nSPS) is 14.6. The van der Waals surface area contributed by atoms with Crippen LogP contribution in [0.4, 0.5) is 0 Å². The summed E-state index contributed by atoms with van der Waals surface area (Å²) in [6.07, 6.45) is 4.67. The van der Waals surface area contributed by atoms with E-state index in [1.807, 2.05) is 36.3 Å². The Morgan fingerprint density at radius 3 is 2.95 bits per heavy atom. The van der Waals surface area contributed by atoms with Crippen LogP contribution in [0.2, 0.25) is 0 Å². The fourth-order valence-electron chi connectivity index (χ4n) is 2.39. The standard InChI is InChI=1S/C15H18N2O2/c1-17(11-3-4-11)15(18)7-10-9-16-14-8-12(19-2)5-6-13(10)14/h5-6,8-9,11,16H,3-4,7H2,1-2H3. The van der Waals surface area contributed by atoms with Crippen molar-refractivity contribution in [2.75, 3.05) is 14.2 Å². The molecule has 0 unspecified atom stereocenters. The van der Waals surface area contributed by atoms with Gasteiger partial charge in [0.25, 0.3) is 0 Å². The van der Waals surface area contributed by atoms with Crippen LogP contribution in [0.1, 0.15) is 18.4 Å². The highest BCUT2D eigenvalue weighted by Crippen LogP contribution is 2.27. The van der Waals surface area contributed by atoms with Gasteiger partial charge in [0.1, 0.15) is 5.75 Å². The first-order valence-electron chi connectivity index (χ1n) is 6.58. The van der Waals surface area contributed by atoms with Crippen molar-refractivity contribution in [2.45, 2.75) is 25.3 Å². The van der Waals surface area contributed by atoms with E-state index < -0.39 is 0 Å². The number of aromatic nitrogens is 1. The molecule has 1 aromatic heterocycles. The number of hydrogen-bond acceptors (Lipinski definition) is 2. The molecule has 2 aromatic rings. The number of likely N-dealkylation sites (N-methyl/N-ethyl adjacent to an activating group) is 1. The molecule has 0 atom stereocenters. The molecule has 4 heteroatoms. The van der Waals surface area contributed by atoms with Crippen LogP contribution < -0.4 is 4.74 Å². The third kappa shape index (κ3) is 2.30. The molecule has 1 aliphatic carbocycles. The van der Waals surface area contributed by atoms with Crippen LogP contribution in [0.15, 0.2) is 24.4 Å². The number of rotatable bonds is 4. The number of ether oxygens (including phenoxy) is 1. The number of carbonyl (C=O) groups excluding carboxylic acids is 1. The Hall–Kier alpha value is -1.97. The predicted molar refractivity (Wildman–Crippen MR) is 74.3 cm³/mol. The number of nitrogens with one attached hydrogen (secondary N) is 1. The van der Waals surface area contributed by atoms with Crippen molar-refractivity contribution < 1.29 is 9.53 Å². The van der Waals surface area contributed by atoms with Crippen molar-refractivity contribution in [2.24, 2.45) is 0 Å². The van der Waals surface area contributed by atoms with Crippen molar-refractivity contribution in [1.82, 2.24) is 9.88 Å². The van der Waals surface area contributed by atoms with Gasteiger partial charge in [0.15, 0.2) is 0 Å². The fraction of sp³-hybridized carbons (Fsp3) is 0.400. The van der Waals surface area contributed by atoms with Crippen molar-refractivity contribution in [3.8, 4) is 5.75 Å². The molecule has 100 valence electrons. The lowest BCUT2D eigenvalue weighted by molar-refractivity contribution is -0.129. The molecule has 0 aliphatic heterocycles. The molecule has 1 aromatic carbocycles. The van der Waals surface area contributed by atoms with Gasteiger partial charge in [-0.2, -0.15) is 0 Å². The molecule has 0 radical (unpaired) electrons. The van der Waals surface area contributed by atoms with Crippen LogP contribution in [-0.2, 0) is 11.2 Å². The smallest absolute Gasteiger partial charge is 0.227 e. The van der Waals surface area contributed by atoms with Crippen LogP contribution in [-0.4, -0.2) is 36.0 Å². The number of H-pyrrole nitrogens is 1. The van der Waals surface area contributed by atoms with Gasteiger partial charge in [-0.05, 0) is 30.5 Å². The van der Waals surface area contributed by atoms with E-state index in [9.17, 15) is 4.79 Å². The van der Waals surface area contributed by atoms with Gasteiger partial charge in [0.05, 0.1) is 13.5 Å². The molecule has 19 heavy (non-hydrogen) atoms. The van der Waals surface area contributed by atoms with E-state index in [1.54, 1.807) is 7.11 Å². The summed E-state index contributed by atoms with van der Waals surface area (Å²) in [6.45, 7) is 0. The molecule has 1 heterocycles. The minimum Gasteiger partial charge on any atom is -0.497 e. The zero-order chi connectivity index (χ0) is 13.4. The van der Waals surface area contributed by atoms with Crippen molar-refractivity contribution in [3.05, 3.63) is 30.0 Å². The minimum atomic E-state index is 0.194. The minimum absolute atomic E-state index is 0.194. The first-order valence-corrected chi connectivity index (χ1v) is 6.58. The molecule has 1 fully saturated rings. The van der Waals surface area contributed by atoms with Gasteiger partial charge in [0, 0.05) is 36.3 Å². The van der Waals surface area contributed by atoms with E-state index in [0.717, 1.165) is 35.1 Å². The Morgan fingerprint density at radius 2 is 2.26 bits per heavy atom. The van der Waals surface area contributed by atoms with Gasteiger partial charge in [0.2, 0.25) is 5.91 Å². The highest BCUT2D eigenvalue weighted by Gasteiger charge is 2.29. The molecule has 0 bridgehead atoms. The molecule has 4 nitrogen and oxygen atoms in total. The van der Waals surface area contributed by atoms with Gasteiger partial charge < -0.3 is 14.6 Å². The second-order valence-electron chi connectivity index (χ2n) is 5.14. The Labute approximate surface area is 112 Å². The Morgan fingerprint density at radius 1 is 1.47 bits per heavy atom. The summed E-state index contributed by atoms with van der Waals surface area (Å²) in [7, 11) is 3.55. The molecule has 3 rings (SSSR count). The average molecular weight is 258 g/mol. The maximum absolute atomic E-state index is 12.1. The van der Waals surface area contributed by atoms with Crippen LogP contribution in [0, 0.1) is 0 Å². The molecule has 1 aliphatic rings. The highest BCUT2D eigenvalue weighted by molar-refractivity contribution is 5.89. The van der Waals surface area contributed by atoms with Crippen LogP contribution in [0.5, 0.6) is 5.75 Å².